The largest absolute Gasteiger partial charge is 0.389 e. The van der Waals surface area contributed by atoms with Crippen LogP contribution in [0.25, 0.3) is 0 Å². The molecule has 2 atom stereocenters. The number of rotatable bonds is 2. The molecule has 0 amide bonds. The second-order valence-electron chi connectivity index (χ2n) is 4.51. The molecule has 1 heterocycles. The molecule has 1 aromatic rings. The van der Waals surface area contributed by atoms with Crippen LogP contribution in [0.5, 0.6) is 0 Å². The molecule has 0 bridgehead atoms. The van der Waals surface area contributed by atoms with Crippen molar-refractivity contribution in [3.8, 4) is 0 Å². The minimum Gasteiger partial charge on any atom is -0.389 e. The Morgan fingerprint density at radius 1 is 1.53 bits per heavy atom. The lowest BCUT2D eigenvalue weighted by molar-refractivity contribution is 0.199. The number of benzene rings is 1. The fraction of sp³-hybridized carbons (Fsp3) is 0.538. The van der Waals surface area contributed by atoms with Gasteiger partial charge in [-0.2, -0.15) is 11.8 Å². The van der Waals surface area contributed by atoms with Gasteiger partial charge in [-0.05, 0) is 24.6 Å². The lowest BCUT2D eigenvalue weighted by Crippen LogP contribution is -2.36. The Balaban J connectivity index is 2.21. The highest BCUT2D eigenvalue weighted by Gasteiger charge is 2.19. The molecule has 1 saturated heterocycles. The third-order valence-electron chi connectivity index (χ3n) is 3.04. The van der Waals surface area contributed by atoms with Crippen LogP contribution in [0.1, 0.15) is 25.5 Å². The van der Waals surface area contributed by atoms with Gasteiger partial charge in [0.2, 0.25) is 0 Å². The van der Waals surface area contributed by atoms with Gasteiger partial charge in [0.25, 0.3) is 0 Å². The van der Waals surface area contributed by atoms with Crippen molar-refractivity contribution in [3.05, 3.63) is 28.8 Å². The second kappa shape index (κ2) is 5.51. The van der Waals surface area contributed by atoms with Crippen molar-refractivity contribution in [2.45, 2.75) is 25.2 Å². The van der Waals surface area contributed by atoms with Crippen molar-refractivity contribution in [2.75, 3.05) is 23.7 Å². The summed E-state index contributed by atoms with van der Waals surface area (Å²) in [5.74, 6) is 1.15. The molecule has 0 aromatic heterocycles. The van der Waals surface area contributed by atoms with Crippen molar-refractivity contribution >= 4 is 29.1 Å². The number of aliphatic hydroxyl groups is 1. The summed E-state index contributed by atoms with van der Waals surface area (Å²) < 4.78 is 0. The Kier molecular flexibility index (Phi) is 4.23. The van der Waals surface area contributed by atoms with Gasteiger partial charge in [-0.1, -0.05) is 24.6 Å². The van der Waals surface area contributed by atoms with Crippen LogP contribution in [0.2, 0.25) is 5.02 Å². The Morgan fingerprint density at radius 2 is 2.29 bits per heavy atom. The molecular formula is C13H18ClNOS. The highest BCUT2D eigenvalue weighted by molar-refractivity contribution is 8.00. The molecule has 2 nitrogen and oxygen atoms in total. The molecule has 1 aliphatic heterocycles. The van der Waals surface area contributed by atoms with E-state index in [2.05, 4.69) is 11.8 Å². The van der Waals surface area contributed by atoms with Crippen LogP contribution in [-0.4, -0.2) is 29.2 Å². The van der Waals surface area contributed by atoms with E-state index in [9.17, 15) is 5.11 Å². The van der Waals surface area contributed by atoms with E-state index in [-0.39, 0.29) is 0 Å². The standard InChI is InChI=1S/C13H18ClNOS/c1-9-8-15(5-6-17-9)13-4-3-11(10(2)16)7-12(13)14/h3-4,7,9-10,16H,5-6,8H2,1-2H3/t9?,10-/m0/s1. The Bertz CT molecular complexity index is 397. The van der Waals surface area contributed by atoms with Gasteiger partial charge < -0.3 is 10.0 Å². The van der Waals surface area contributed by atoms with E-state index in [1.54, 1.807) is 6.92 Å². The first-order valence-corrected chi connectivity index (χ1v) is 7.34. The number of hydrogen-bond acceptors (Lipinski definition) is 3. The molecular weight excluding hydrogens is 254 g/mol. The summed E-state index contributed by atoms with van der Waals surface area (Å²) in [4.78, 5) is 2.33. The quantitative estimate of drug-likeness (QED) is 0.893. The van der Waals surface area contributed by atoms with Gasteiger partial charge in [-0.15, -0.1) is 0 Å². The summed E-state index contributed by atoms with van der Waals surface area (Å²) in [6.07, 6.45) is -0.461. The number of thioether (sulfide) groups is 1. The fourth-order valence-electron chi connectivity index (χ4n) is 2.08. The monoisotopic (exact) mass is 271 g/mol. The molecule has 2 rings (SSSR count). The summed E-state index contributed by atoms with van der Waals surface area (Å²) in [5, 5.41) is 10.9. The molecule has 1 aromatic carbocycles. The van der Waals surface area contributed by atoms with Crippen molar-refractivity contribution in [1.29, 1.82) is 0 Å². The van der Waals surface area contributed by atoms with E-state index in [4.69, 9.17) is 11.6 Å². The van der Waals surface area contributed by atoms with Crippen LogP contribution in [0.15, 0.2) is 18.2 Å². The van der Waals surface area contributed by atoms with Crippen molar-refractivity contribution in [3.63, 3.8) is 0 Å². The van der Waals surface area contributed by atoms with E-state index >= 15 is 0 Å². The van der Waals surface area contributed by atoms with Crippen molar-refractivity contribution < 1.29 is 5.11 Å². The molecule has 0 spiro atoms. The van der Waals surface area contributed by atoms with E-state index < -0.39 is 6.10 Å². The van der Waals surface area contributed by atoms with Crippen molar-refractivity contribution in [2.24, 2.45) is 0 Å². The summed E-state index contributed by atoms with van der Waals surface area (Å²) in [7, 11) is 0. The third-order valence-corrected chi connectivity index (χ3v) is 4.48. The van der Waals surface area contributed by atoms with Crippen LogP contribution in [0, 0.1) is 0 Å². The first-order chi connectivity index (χ1) is 8.08. The first-order valence-electron chi connectivity index (χ1n) is 5.92. The molecule has 4 heteroatoms. The smallest absolute Gasteiger partial charge is 0.0762 e. The number of anilines is 1. The molecule has 0 saturated carbocycles. The molecule has 0 radical (unpaired) electrons. The third kappa shape index (κ3) is 3.09. The average molecular weight is 272 g/mol. The van der Waals surface area contributed by atoms with E-state index in [1.165, 1.54) is 0 Å². The molecule has 17 heavy (non-hydrogen) atoms. The summed E-state index contributed by atoms with van der Waals surface area (Å²) in [6, 6.07) is 5.85. The zero-order valence-corrected chi connectivity index (χ0v) is 11.8. The Labute approximate surface area is 112 Å². The van der Waals surface area contributed by atoms with Gasteiger partial charge in [-0.25, -0.2) is 0 Å². The maximum Gasteiger partial charge on any atom is 0.0762 e. The fourth-order valence-corrected chi connectivity index (χ4v) is 3.40. The van der Waals surface area contributed by atoms with Gasteiger partial charge in [0.15, 0.2) is 0 Å². The molecule has 1 N–H and O–H groups in total. The summed E-state index contributed by atoms with van der Waals surface area (Å²) in [6.45, 7) is 6.08. The van der Waals surface area contributed by atoms with Crippen LogP contribution in [0.4, 0.5) is 5.69 Å². The van der Waals surface area contributed by atoms with Crippen LogP contribution in [-0.2, 0) is 0 Å². The van der Waals surface area contributed by atoms with E-state index in [1.807, 2.05) is 30.0 Å². The number of nitrogens with zero attached hydrogens (tertiary/aromatic N) is 1. The molecule has 94 valence electrons. The van der Waals surface area contributed by atoms with Crippen LogP contribution >= 0.6 is 23.4 Å². The SMILES string of the molecule is CC1CN(c2ccc([C@H](C)O)cc2Cl)CCS1. The van der Waals surface area contributed by atoms with Crippen LogP contribution < -0.4 is 4.90 Å². The molecule has 1 fully saturated rings. The molecule has 1 unspecified atom stereocenters. The van der Waals surface area contributed by atoms with Crippen molar-refractivity contribution in [1.82, 2.24) is 0 Å². The maximum atomic E-state index is 9.52. The Morgan fingerprint density at radius 3 is 2.88 bits per heavy atom. The van der Waals surface area contributed by atoms with Gasteiger partial charge in [-0.3, -0.25) is 0 Å². The minimum atomic E-state index is -0.461. The van der Waals surface area contributed by atoms with Gasteiger partial charge in [0.05, 0.1) is 16.8 Å². The topological polar surface area (TPSA) is 23.5 Å². The highest BCUT2D eigenvalue weighted by Crippen LogP contribution is 2.31. The predicted octanol–water partition coefficient (Wildman–Crippen LogP) is 3.34. The van der Waals surface area contributed by atoms with Gasteiger partial charge in [0.1, 0.15) is 0 Å². The predicted molar refractivity (Wildman–Crippen MR) is 76.2 cm³/mol. The minimum absolute atomic E-state index is 0.461. The highest BCUT2D eigenvalue weighted by atomic mass is 35.5. The number of halogens is 1. The molecule has 0 aliphatic carbocycles. The van der Waals surface area contributed by atoms with Crippen LogP contribution in [0.3, 0.4) is 0 Å². The lowest BCUT2D eigenvalue weighted by Gasteiger charge is -2.33. The zero-order valence-electron chi connectivity index (χ0n) is 10.2. The normalized spacial score (nSPS) is 22.6. The number of aliphatic hydroxyl groups excluding tert-OH is 1. The summed E-state index contributed by atoms with van der Waals surface area (Å²) >= 11 is 8.30. The maximum absolute atomic E-state index is 9.52. The van der Waals surface area contributed by atoms with Gasteiger partial charge >= 0.3 is 0 Å². The zero-order chi connectivity index (χ0) is 12.4. The average Bonchev–Trinajstić information content (AvgIpc) is 2.28. The second-order valence-corrected chi connectivity index (χ2v) is 6.47. The van der Waals surface area contributed by atoms with Gasteiger partial charge in [0, 0.05) is 24.1 Å². The first kappa shape index (κ1) is 13.1. The number of hydrogen-bond donors (Lipinski definition) is 1. The Hall–Kier alpha value is -0.380. The lowest BCUT2D eigenvalue weighted by atomic mass is 10.1. The van der Waals surface area contributed by atoms with E-state index in [0.717, 1.165) is 35.1 Å². The molecule has 1 aliphatic rings. The summed E-state index contributed by atoms with van der Waals surface area (Å²) in [5.41, 5.74) is 1.96. The van der Waals surface area contributed by atoms with E-state index in [0.29, 0.717) is 5.25 Å².